The molecule has 0 heterocycles. The highest BCUT2D eigenvalue weighted by atomic mass is 35.7. The highest BCUT2D eigenvalue weighted by molar-refractivity contribution is 8.64. The van der Waals surface area contributed by atoms with E-state index in [4.69, 9.17) is 15.8 Å². The molecule has 0 saturated heterocycles. The van der Waals surface area contributed by atoms with Gasteiger partial charge in [0, 0.05) is 12.4 Å². The summed E-state index contributed by atoms with van der Waals surface area (Å²) in [7, 11) is 1.41. The van der Waals surface area contributed by atoms with Crippen LogP contribution in [0.1, 0.15) is 32.1 Å². The minimum absolute atomic E-state index is 0.446. The zero-order valence-electron chi connectivity index (χ0n) is 7.16. The summed E-state index contributed by atoms with van der Waals surface area (Å²) in [6.07, 6.45) is 6.03. The van der Waals surface area contributed by atoms with Gasteiger partial charge in [-0.1, -0.05) is 30.6 Å². The van der Waals surface area contributed by atoms with Crippen LogP contribution in [0.3, 0.4) is 0 Å². The van der Waals surface area contributed by atoms with Crippen molar-refractivity contribution in [3.63, 3.8) is 0 Å². The lowest BCUT2D eigenvalue weighted by molar-refractivity contribution is 0.422. The summed E-state index contributed by atoms with van der Waals surface area (Å²) in [5, 5.41) is 0.446. The summed E-state index contributed by atoms with van der Waals surface area (Å²) >= 11 is 6.97. The summed E-state index contributed by atoms with van der Waals surface area (Å²) in [6.45, 7) is 0. The van der Waals surface area contributed by atoms with E-state index < -0.39 is 5.92 Å². The molecular weight excluding hydrogens is 215 g/mol. The van der Waals surface area contributed by atoms with Gasteiger partial charge in [0.2, 0.25) is 0 Å². The fraction of sp³-hybridized carbons (Fsp3) is 1.00. The number of hydrogen-bond donors (Lipinski definition) is 0. The lowest BCUT2D eigenvalue weighted by Gasteiger charge is -2.21. The first-order chi connectivity index (χ1) is 5.64. The molecule has 0 aromatic carbocycles. The molecule has 72 valence electrons. The van der Waals surface area contributed by atoms with Crippen LogP contribution >= 0.6 is 28.5 Å². The number of rotatable bonds is 3. The maximum atomic E-state index is 11.4. The Labute approximate surface area is 82.4 Å². The van der Waals surface area contributed by atoms with Crippen LogP contribution < -0.4 is 0 Å². The van der Waals surface area contributed by atoms with Crippen LogP contribution in [0.2, 0.25) is 0 Å². The topological polar surface area (TPSA) is 26.3 Å². The summed E-state index contributed by atoms with van der Waals surface area (Å²) in [4.78, 5) is 0. The van der Waals surface area contributed by atoms with E-state index in [1.807, 2.05) is 0 Å². The third kappa shape index (κ3) is 3.69. The van der Waals surface area contributed by atoms with E-state index >= 15 is 0 Å². The van der Waals surface area contributed by atoms with Crippen molar-refractivity contribution >= 4 is 28.5 Å². The Morgan fingerprint density at radius 3 is 2.50 bits per heavy atom. The first-order valence-corrected chi connectivity index (χ1v) is 8.19. The predicted octanol–water partition coefficient (Wildman–Crippen LogP) is 4.05. The molecule has 5 heteroatoms. The number of halogens is 1. The molecule has 0 N–H and O–H groups in total. The molecule has 1 atom stereocenters. The van der Waals surface area contributed by atoms with Crippen molar-refractivity contribution in [3.8, 4) is 0 Å². The molecular formula is C7H14ClO2PS. The Balaban J connectivity index is 2.34. The molecule has 0 amide bonds. The van der Waals surface area contributed by atoms with Crippen molar-refractivity contribution in [1.29, 1.82) is 0 Å². The Bertz CT molecular complexity index is 182. The normalized spacial score (nSPS) is 25.2. The largest absolute Gasteiger partial charge is 0.346 e. The molecule has 12 heavy (non-hydrogen) atoms. The Kier molecular flexibility index (Phi) is 4.45. The van der Waals surface area contributed by atoms with Crippen LogP contribution in [0.4, 0.5) is 0 Å². The highest BCUT2D eigenvalue weighted by Gasteiger charge is 2.25. The van der Waals surface area contributed by atoms with Crippen molar-refractivity contribution in [2.45, 2.75) is 37.4 Å². The third-order valence-corrected chi connectivity index (χ3v) is 6.73. The molecule has 0 bridgehead atoms. The standard InChI is InChI=1S/C7H14ClO2PS/c1-10-11(8,9)12-7-5-3-2-4-6-7/h7H,2-6H2,1H3. The third-order valence-electron chi connectivity index (χ3n) is 2.05. The monoisotopic (exact) mass is 228 g/mol. The summed E-state index contributed by atoms with van der Waals surface area (Å²) in [5.41, 5.74) is 0. The second-order valence-electron chi connectivity index (χ2n) is 2.98. The predicted molar refractivity (Wildman–Crippen MR) is 54.9 cm³/mol. The van der Waals surface area contributed by atoms with E-state index in [1.54, 1.807) is 0 Å². The lowest BCUT2D eigenvalue weighted by Crippen LogP contribution is -2.07. The van der Waals surface area contributed by atoms with Gasteiger partial charge in [0.25, 0.3) is 0 Å². The highest BCUT2D eigenvalue weighted by Crippen LogP contribution is 2.66. The van der Waals surface area contributed by atoms with E-state index in [0.717, 1.165) is 12.8 Å². The van der Waals surface area contributed by atoms with E-state index in [0.29, 0.717) is 5.25 Å². The van der Waals surface area contributed by atoms with Crippen molar-refractivity contribution in [2.75, 3.05) is 7.11 Å². The van der Waals surface area contributed by atoms with Crippen LogP contribution in [-0.4, -0.2) is 12.4 Å². The first-order valence-electron chi connectivity index (χ1n) is 4.18. The molecule has 0 spiro atoms. The second kappa shape index (κ2) is 4.90. The Morgan fingerprint density at radius 2 is 2.00 bits per heavy atom. The molecule has 2 nitrogen and oxygen atoms in total. The Hall–Kier alpha value is 0.830. The van der Waals surface area contributed by atoms with Crippen LogP contribution in [0.25, 0.3) is 0 Å². The lowest BCUT2D eigenvalue weighted by atomic mass is 10.0. The van der Waals surface area contributed by atoms with Crippen LogP contribution in [0.15, 0.2) is 0 Å². The quantitative estimate of drug-likeness (QED) is 0.682. The van der Waals surface area contributed by atoms with Crippen molar-refractivity contribution in [1.82, 2.24) is 0 Å². The van der Waals surface area contributed by atoms with E-state index in [1.165, 1.54) is 37.8 Å². The maximum Gasteiger partial charge on any atom is 0.346 e. The summed E-state index contributed by atoms with van der Waals surface area (Å²) in [6, 6.07) is 0. The maximum absolute atomic E-state index is 11.4. The van der Waals surface area contributed by atoms with Gasteiger partial charge in [0.15, 0.2) is 0 Å². The van der Waals surface area contributed by atoms with Gasteiger partial charge in [0.1, 0.15) is 0 Å². The van der Waals surface area contributed by atoms with Crippen molar-refractivity contribution in [3.05, 3.63) is 0 Å². The molecule has 1 aliphatic rings. The molecule has 0 radical (unpaired) electrons. The molecule has 0 aromatic heterocycles. The summed E-state index contributed by atoms with van der Waals surface area (Å²) < 4.78 is 16.1. The minimum atomic E-state index is -2.85. The first kappa shape index (κ1) is 10.9. The van der Waals surface area contributed by atoms with Crippen LogP contribution in [0, 0.1) is 0 Å². The average Bonchev–Trinajstić information content (AvgIpc) is 2.06. The van der Waals surface area contributed by atoms with Crippen molar-refractivity contribution in [2.24, 2.45) is 0 Å². The van der Waals surface area contributed by atoms with Crippen LogP contribution in [-0.2, 0) is 9.09 Å². The fourth-order valence-electron chi connectivity index (χ4n) is 1.39. The van der Waals surface area contributed by atoms with Gasteiger partial charge < -0.3 is 4.52 Å². The molecule has 1 rings (SSSR count). The van der Waals surface area contributed by atoms with Crippen molar-refractivity contribution < 1.29 is 9.09 Å². The smallest absolute Gasteiger partial charge is 0.313 e. The van der Waals surface area contributed by atoms with Crippen LogP contribution in [0.5, 0.6) is 0 Å². The molecule has 1 fully saturated rings. The molecule has 0 aliphatic heterocycles. The van der Waals surface area contributed by atoms with Gasteiger partial charge in [-0.25, -0.2) is 0 Å². The van der Waals surface area contributed by atoms with E-state index in [2.05, 4.69) is 0 Å². The number of hydrogen-bond acceptors (Lipinski definition) is 3. The van der Waals surface area contributed by atoms with Gasteiger partial charge in [-0.2, -0.15) is 0 Å². The zero-order valence-corrected chi connectivity index (χ0v) is 9.63. The van der Waals surface area contributed by atoms with Gasteiger partial charge >= 0.3 is 5.92 Å². The van der Waals surface area contributed by atoms with Gasteiger partial charge in [-0.15, -0.1) is 0 Å². The minimum Gasteiger partial charge on any atom is -0.313 e. The fourth-order valence-corrected chi connectivity index (χ4v) is 5.35. The summed E-state index contributed by atoms with van der Waals surface area (Å²) in [5.74, 6) is -2.85. The zero-order chi connectivity index (χ0) is 9.03. The average molecular weight is 229 g/mol. The van der Waals surface area contributed by atoms with E-state index in [9.17, 15) is 4.57 Å². The molecule has 0 aromatic rings. The van der Waals surface area contributed by atoms with E-state index in [-0.39, 0.29) is 0 Å². The van der Waals surface area contributed by atoms with Gasteiger partial charge in [-0.3, -0.25) is 4.57 Å². The Morgan fingerprint density at radius 1 is 1.42 bits per heavy atom. The molecule has 1 saturated carbocycles. The molecule has 1 unspecified atom stereocenters. The SMILES string of the molecule is COP(=O)(Cl)SC1CCCCC1. The van der Waals surface area contributed by atoms with Gasteiger partial charge in [0.05, 0.1) is 0 Å². The molecule has 1 aliphatic carbocycles. The second-order valence-corrected chi connectivity index (χ2v) is 9.09. The van der Waals surface area contributed by atoms with Gasteiger partial charge in [-0.05, 0) is 24.1 Å².